The Bertz CT molecular complexity index is 2580. The molecular weight excluding hydrogens is 673 g/mol. The zero-order valence-corrected chi connectivity index (χ0v) is 28.8. The Morgan fingerprint density at radius 3 is 1.37 bits per heavy atom. The summed E-state index contributed by atoms with van der Waals surface area (Å²) in [5.74, 6) is -1.43. The normalized spacial score (nSPS) is 10.8. The molecule has 0 fully saturated rings. The quantitative estimate of drug-likeness (QED) is 0.139. The maximum atomic E-state index is 14.9. The Kier molecular flexibility index (Phi) is 8.60. The lowest BCUT2D eigenvalue weighted by molar-refractivity contribution is 0.0995. The number of aromatic nitrogens is 6. The molecule has 3 aromatic heterocycles. The first-order valence-electron chi connectivity index (χ1n) is 17.0. The first-order valence-corrected chi connectivity index (χ1v) is 17.0. The van der Waals surface area contributed by atoms with E-state index >= 15 is 0 Å². The van der Waals surface area contributed by atoms with Crippen LogP contribution in [0.4, 0.5) is 0 Å². The Morgan fingerprint density at radius 1 is 0.500 bits per heavy atom. The summed E-state index contributed by atoms with van der Waals surface area (Å²) in [7, 11) is 0. The lowest BCUT2D eigenvalue weighted by Gasteiger charge is -2.07. The van der Waals surface area contributed by atoms with Crippen molar-refractivity contribution in [3.05, 3.63) is 191 Å². The Balaban J connectivity index is 1.35. The average Bonchev–Trinajstić information content (AvgIpc) is 3.96. The molecule has 0 saturated heterocycles. The molecular formula is C44H28N8O2. The van der Waals surface area contributed by atoms with E-state index in [1.54, 1.807) is 9.36 Å². The van der Waals surface area contributed by atoms with Crippen molar-refractivity contribution in [1.82, 2.24) is 29.3 Å². The molecule has 8 aromatic rings. The van der Waals surface area contributed by atoms with E-state index in [2.05, 4.69) is 17.2 Å². The van der Waals surface area contributed by atoms with Gasteiger partial charge in [0.1, 0.15) is 29.0 Å². The molecule has 256 valence electrons. The summed E-state index contributed by atoms with van der Waals surface area (Å²) in [5, 5.41) is 35.3. The van der Waals surface area contributed by atoms with Gasteiger partial charge in [0.05, 0.1) is 34.0 Å². The first kappa shape index (κ1) is 33.2. The number of nitrogens with zero attached hydrogens (tertiary/aromatic N) is 8. The van der Waals surface area contributed by atoms with Gasteiger partial charge in [-0.25, -0.2) is 14.0 Å². The molecule has 0 N–H and O–H groups in total. The van der Waals surface area contributed by atoms with Crippen molar-refractivity contribution in [1.29, 1.82) is 10.5 Å². The van der Waals surface area contributed by atoms with Crippen LogP contribution < -0.4 is 0 Å². The summed E-state index contributed by atoms with van der Waals surface area (Å²) in [6.45, 7) is 1.95. The van der Waals surface area contributed by atoms with Gasteiger partial charge in [-0.3, -0.25) is 9.59 Å². The van der Waals surface area contributed by atoms with Gasteiger partial charge in [0.15, 0.2) is 11.4 Å². The van der Waals surface area contributed by atoms with E-state index in [9.17, 15) is 20.1 Å². The summed E-state index contributed by atoms with van der Waals surface area (Å²) in [4.78, 5) is 29.7. The van der Waals surface area contributed by atoms with Crippen molar-refractivity contribution in [3.8, 4) is 51.7 Å². The topological polar surface area (TPSA) is 135 Å². The minimum Gasteiger partial charge on any atom is -0.287 e. The van der Waals surface area contributed by atoms with Gasteiger partial charge in [-0.15, -0.1) is 0 Å². The SMILES string of the molecule is Cc1ccc(-n2cc(C(=O)c3nn(-c4ccccc4)c(-c4ccccc4)c3C#N)c(C(=O)c3nn(-c4ccccc4)c(-c4ccccc4)c3C#N)n2)cc1. The minimum absolute atomic E-state index is 0.0239. The van der Waals surface area contributed by atoms with Crippen LogP contribution in [0.15, 0.2) is 152 Å². The van der Waals surface area contributed by atoms with Crippen LogP contribution in [0.25, 0.3) is 39.6 Å². The largest absolute Gasteiger partial charge is 0.287 e. The smallest absolute Gasteiger partial charge is 0.235 e. The van der Waals surface area contributed by atoms with Crippen molar-refractivity contribution in [2.45, 2.75) is 6.92 Å². The average molecular weight is 701 g/mol. The number of aryl methyl sites for hydroxylation is 1. The van der Waals surface area contributed by atoms with E-state index in [-0.39, 0.29) is 33.8 Å². The van der Waals surface area contributed by atoms with Crippen molar-refractivity contribution >= 4 is 11.6 Å². The molecule has 0 radical (unpaired) electrons. The van der Waals surface area contributed by atoms with Gasteiger partial charge in [0.25, 0.3) is 0 Å². The number of para-hydroxylation sites is 2. The highest BCUT2D eigenvalue weighted by atomic mass is 16.1. The van der Waals surface area contributed by atoms with Gasteiger partial charge >= 0.3 is 0 Å². The lowest BCUT2D eigenvalue weighted by Crippen LogP contribution is -2.13. The highest BCUT2D eigenvalue weighted by Crippen LogP contribution is 2.33. The van der Waals surface area contributed by atoms with E-state index in [4.69, 9.17) is 10.2 Å². The molecule has 5 aromatic carbocycles. The number of ketones is 2. The molecule has 0 aliphatic rings. The molecule has 0 aliphatic heterocycles. The Labute approximate surface area is 310 Å². The van der Waals surface area contributed by atoms with Crippen LogP contribution in [0.1, 0.15) is 48.9 Å². The monoisotopic (exact) mass is 700 g/mol. The van der Waals surface area contributed by atoms with Crippen LogP contribution in [-0.4, -0.2) is 40.9 Å². The van der Waals surface area contributed by atoms with Gasteiger partial charge < -0.3 is 0 Å². The number of benzene rings is 5. The molecule has 0 unspecified atom stereocenters. The van der Waals surface area contributed by atoms with Crippen LogP contribution in [0.5, 0.6) is 0 Å². The second-order valence-corrected chi connectivity index (χ2v) is 12.4. The molecule has 8 rings (SSSR count). The highest BCUT2D eigenvalue weighted by Gasteiger charge is 2.34. The minimum atomic E-state index is -0.739. The van der Waals surface area contributed by atoms with Crippen LogP contribution >= 0.6 is 0 Å². The number of hydrogen-bond acceptors (Lipinski definition) is 7. The number of hydrogen-bond donors (Lipinski definition) is 0. The highest BCUT2D eigenvalue weighted by molar-refractivity contribution is 6.19. The summed E-state index contributed by atoms with van der Waals surface area (Å²) >= 11 is 0. The number of carbonyl (C=O) groups excluding carboxylic acids is 2. The molecule has 54 heavy (non-hydrogen) atoms. The third-order valence-corrected chi connectivity index (χ3v) is 8.99. The number of rotatable bonds is 9. The molecule has 10 nitrogen and oxygen atoms in total. The van der Waals surface area contributed by atoms with E-state index in [0.29, 0.717) is 39.6 Å². The van der Waals surface area contributed by atoms with Gasteiger partial charge in [0, 0.05) is 17.3 Å². The van der Waals surface area contributed by atoms with Gasteiger partial charge in [0.2, 0.25) is 11.6 Å². The zero-order chi connectivity index (χ0) is 37.2. The van der Waals surface area contributed by atoms with Crippen molar-refractivity contribution < 1.29 is 9.59 Å². The Hall–Kier alpha value is -7.95. The van der Waals surface area contributed by atoms with Gasteiger partial charge in [-0.1, -0.05) is 115 Å². The van der Waals surface area contributed by atoms with Crippen LogP contribution in [-0.2, 0) is 0 Å². The third-order valence-electron chi connectivity index (χ3n) is 8.99. The zero-order valence-electron chi connectivity index (χ0n) is 28.8. The molecule has 0 saturated carbocycles. The van der Waals surface area contributed by atoms with Crippen LogP contribution in [0.2, 0.25) is 0 Å². The molecule has 10 heteroatoms. The van der Waals surface area contributed by atoms with E-state index < -0.39 is 11.6 Å². The fourth-order valence-electron chi connectivity index (χ4n) is 6.38. The molecule has 0 amide bonds. The maximum absolute atomic E-state index is 14.9. The van der Waals surface area contributed by atoms with Crippen molar-refractivity contribution in [2.24, 2.45) is 0 Å². The second kappa shape index (κ2) is 14.0. The molecule has 0 bridgehead atoms. The molecule has 0 atom stereocenters. The maximum Gasteiger partial charge on any atom is 0.235 e. The van der Waals surface area contributed by atoms with Gasteiger partial charge in [-0.2, -0.15) is 25.8 Å². The van der Waals surface area contributed by atoms with Crippen molar-refractivity contribution in [2.75, 3.05) is 0 Å². The van der Waals surface area contributed by atoms with Crippen molar-refractivity contribution in [3.63, 3.8) is 0 Å². The molecule has 0 aliphatic carbocycles. The van der Waals surface area contributed by atoms with Crippen LogP contribution in [0.3, 0.4) is 0 Å². The molecule has 3 heterocycles. The van der Waals surface area contributed by atoms with Crippen LogP contribution in [0, 0.1) is 29.6 Å². The number of carbonyl (C=O) groups is 2. The lowest BCUT2D eigenvalue weighted by atomic mass is 9.98. The van der Waals surface area contributed by atoms with E-state index in [1.807, 2.05) is 153 Å². The standard InChI is InChI=1S/C44H28N8O2/c1-29-22-24-32(25-23-29)50-28-37(43(53)38-35(26-45)41(30-14-6-2-7-15-30)51(48-38)33-18-10-4-11-19-33)40(47-50)44(54)39-36(27-46)42(31-16-8-3-9-17-31)52(49-39)34-20-12-5-13-21-34/h2-25,28H,1H3. The fourth-order valence-corrected chi connectivity index (χ4v) is 6.38. The Morgan fingerprint density at radius 2 is 0.926 bits per heavy atom. The summed E-state index contributed by atoms with van der Waals surface area (Å²) in [6, 6.07) is 48.7. The van der Waals surface area contributed by atoms with E-state index in [1.165, 1.54) is 10.9 Å². The third kappa shape index (κ3) is 5.86. The first-order chi connectivity index (χ1) is 26.5. The predicted octanol–water partition coefficient (Wildman–Crippen LogP) is 8.09. The number of nitriles is 2. The van der Waals surface area contributed by atoms with E-state index in [0.717, 1.165) is 5.56 Å². The predicted molar refractivity (Wildman–Crippen MR) is 203 cm³/mol. The molecule has 0 spiro atoms. The fraction of sp³-hybridized carbons (Fsp3) is 0.0227. The summed E-state index contributed by atoms with van der Waals surface area (Å²) in [6.07, 6.45) is 1.46. The summed E-state index contributed by atoms with van der Waals surface area (Å²) in [5.41, 5.74) is 4.44. The summed E-state index contributed by atoms with van der Waals surface area (Å²) < 4.78 is 4.56. The second-order valence-electron chi connectivity index (χ2n) is 12.4. The van der Waals surface area contributed by atoms with Gasteiger partial charge in [-0.05, 0) is 43.3 Å².